The molecule has 116 valence electrons. The minimum atomic E-state index is -0.880. The van der Waals surface area contributed by atoms with E-state index in [1.807, 2.05) is 6.07 Å². The topological polar surface area (TPSA) is 61.6 Å². The summed E-state index contributed by atoms with van der Waals surface area (Å²) in [6, 6.07) is 6.85. The summed E-state index contributed by atoms with van der Waals surface area (Å²) in [7, 11) is 0. The molecule has 1 aliphatic heterocycles. The Morgan fingerprint density at radius 2 is 2.05 bits per heavy atom. The normalized spacial score (nSPS) is 16.0. The largest absolute Gasteiger partial charge is 0.465 e. The van der Waals surface area contributed by atoms with Gasteiger partial charge in [-0.05, 0) is 23.8 Å². The number of benzene rings is 1. The molecule has 2 aromatic rings. The van der Waals surface area contributed by atoms with Gasteiger partial charge in [-0.25, -0.2) is 13.9 Å². The summed E-state index contributed by atoms with van der Waals surface area (Å²) < 4.78 is 15.7. The highest BCUT2D eigenvalue weighted by molar-refractivity contribution is 5.65. The Bertz CT molecular complexity index is 652. The van der Waals surface area contributed by atoms with Crippen LogP contribution in [0.3, 0.4) is 0 Å². The van der Waals surface area contributed by atoms with E-state index >= 15 is 0 Å². The zero-order valence-electron chi connectivity index (χ0n) is 12.0. The number of carbonyl (C=O) groups is 1. The molecule has 22 heavy (non-hydrogen) atoms. The number of nitrogens with zero attached hydrogens (tertiary/aromatic N) is 4. The van der Waals surface area contributed by atoms with Crippen LogP contribution in [-0.4, -0.2) is 57.0 Å². The molecule has 1 fully saturated rings. The molecule has 7 heteroatoms. The van der Waals surface area contributed by atoms with Crippen LogP contribution >= 0.6 is 0 Å². The van der Waals surface area contributed by atoms with Crippen molar-refractivity contribution in [3.05, 3.63) is 48.0 Å². The van der Waals surface area contributed by atoms with E-state index < -0.39 is 6.09 Å². The van der Waals surface area contributed by atoms with Crippen LogP contribution in [-0.2, 0) is 6.54 Å². The van der Waals surface area contributed by atoms with Gasteiger partial charge in [-0.3, -0.25) is 4.90 Å². The van der Waals surface area contributed by atoms with Gasteiger partial charge in [-0.15, -0.1) is 0 Å². The van der Waals surface area contributed by atoms with Crippen molar-refractivity contribution in [2.75, 3.05) is 26.2 Å². The van der Waals surface area contributed by atoms with Gasteiger partial charge in [0.25, 0.3) is 0 Å². The molecule has 1 amide bonds. The SMILES string of the molecule is O=C(O)N1CCN(Cc2ccc(-n3cccn3)c(F)c2)CC1. The smallest absolute Gasteiger partial charge is 0.407 e. The maximum absolute atomic E-state index is 14.2. The minimum Gasteiger partial charge on any atom is -0.465 e. The van der Waals surface area contributed by atoms with Gasteiger partial charge in [0.2, 0.25) is 0 Å². The van der Waals surface area contributed by atoms with Crippen LogP contribution in [0.4, 0.5) is 9.18 Å². The number of hydrogen-bond donors (Lipinski definition) is 1. The molecule has 1 aromatic carbocycles. The zero-order valence-corrected chi connectivity index (χ0v) is 12.0. The lowest BCUT2D eigenvalue weighted by Gasteiger charge is -2.33. The molecule has 1 N–H and O–H groups in total. The average molecular weight is 304 g/mol. The number of carboxylic acid groups (broad SMARTS) is 1. The van der Waals surface area contributed by atoms with Gasteiger partial charge in [0, 0.05) is 45.1 Å². The van der Waals surface area contributed by atoms with Gasteiger partial charge in [0.1, 0.15) is 11.5 Å². The molecule has 0 aliphatic carbocycles. The molecule has 0 unspecified atom stereocenters. The third kappa shape index (κ3) is 3.09. The first-order valence-corrected chi connectivity index (χ1v) is 7.12. The Morgan fingerprint density at radius 3 is 2.64 bits per heavy atom. The average Bonchev–Trinajstić information content (AvgIpc) is 3.02. The van der Waals surface area contributed by atoms with Crippen molar-refractivity contribution in [2.24, 2.45) is 0 Å². The van der Waals surface area contributed by atoms with Crippen LogP contribution in [0.5, 0.6) is 0 Å². The van der Waals surface area contributed by atoms with Crippen molar-refractivity contribution in [1.29, 1.82) is 0 Å². The number of amides is 1. The van der Waals surface area contributed by atoms with E-state index in [9.17, 15) is 9.18 Å². The first-order chi connectivity index (χ1) is 10.6. The fourth-order valence-electron chi connectivity index (χ4n) is 2.60. The molecule has 1 aromatic heterocycles. The Morgan fingerprint density at radius 1 is 1.27 bits per heavy atom. The quantitative estimate of drug-likeness (QED) is 0.939. The molecule has 0 radical (unpaired) electrons. The summed E-state index contributed by atoms with van der Waals surface area (Å²) in [4.78, 5) is 14.4. The minimum absolute atomic E-state index is 0.314. The van der Waals surface area contributed by atoms with E-state index in [4.69, 9.17) is 5.11 Å². The lowest BCUT2D eigenvalue weighted by atomic mass is 10.1. The maximum atomic E-state index is 14.2. The first-order valence-electron chi connectivity index (χ1n) is 7.12. The molecule has 2 heterocycles. The number of rotatable bonds is 3. The zero-order chi connectivity index (χ0) is 15.5. The third-order valence-corrected chi connectivity index (χ3v) is 3.81. The second kappa shape index (κ2) is 6.15. The van der Waals surface area contributed by atoms with E-state index in [1.165, 1.54) is 15.6 Å². The van der Waals surface area contributed by atoms with Gasteiger partial charge in [0.05, 0.1) is 0 Å². The molecule has 0 saturated carbocycles. The molecule has 0 bridgehead atoms. The Hall–Kier alpha value is -2.41. The van der Waals surface area contributed by atoms with E-state index in [0.29, 0.717) is 38.4 Å². The van der Waals surface area contributed by atoms with Gasteiger partial charge >= 0.3 is 6.09 Å². The summed E-state index contributed by atoms with van der Waals surface area (Å²) in [5, 5.41) is 12.9. The first kappa shape index (κ1) is 14.5. The summed E-state index contributed by atoms with van der Waals surface area (Å²) in [6.07, 6.45) is 2.42. The summed E-state index contributed by atoms with van der Waals surface area (Å²) in [5.74, 6) is -0.314. The summed E-state index contributed by atoms with van der Waals surface area (Å²) >= 11 is 0. The van der Waals surface area contributed by atoms with Crippen molar-refractivity contribution >= 4 is 6.09 Å². The lowest BCUT2D eigenvalue weighted by molar-refractivity contribution is 0.103. The van der Waals surface area contributed by atoms with Crippen LogP contribution in [0.2, 0.25) is 0 Å². The van der Waals surface area contributed by atoms with Gasteiger partial charge < -0.3 is 10.0 Å². The van der Waals surface area contributed by atoms with Crippen LogP contribution in [0.1, 0.15) is 5.56 Å². The highest BCUT2D eigenvalue weighted by Gasteiger charge is 2.20. The highest BCUT2D eigenvalue weighted by atomic mass is 19.1. The van der Waals surface area contributed by atoms with Crippen molar-refractivity contribution in [2.45, 2.75) is 6.54 Å². The monoisotopic (exact) mass is 304 g/mol. The fourth-order valence-corrected chi connectivity index (χ4v) is 2.60. The fraction of sp³-hybridized carbons (Fsp3) is 0.333. The molecule has 1 aliphatic rings. The van der Waals surface area contributed by atoms with Crippen molar-refractivity contribution in [3.63, 3.8) is 0 Å². The standard InChI is InChI=1S/C15H17FN4O2/c16-13-10-12(2-3-14(13)20-5-1-4-17-20)11-18-6-8-19(9-7-18)15(21)22/h1-5,10H,6-9,11H2,(H,21,22). The van der Waals surface area contributed by atoms with Crippen LogP contribution < -0.4 is 0 Å². The van der Waals surface area contributed by atoms with Gasteiger partial charge in [-0.2, -0.15) is 5.10 Å². The molecular formula is C15H17FN4O2. The molecular weight excluding hydrogens is 287 g/mol. The molecule has 1 saturated heterocycles. The predicted octanol–water partition coefficient (Wildman–Crippen LogP) is 1.81. The second-order valence-electron chi connectivity index (χ2n) is 5.28. The van der Waals surface area contributed by atoms with Crippen LogP contribution in [0.15, 0.2) is 36.7 Å². The van der Waals surface area contributed by atoms with E-state index in [1.54, 1.807) is 24.5 Å². The predicted molar refractivity (Wildman–Crippen MR) is 78.4 cm³/mol. The Kier molecular flexibility index (Phi) is 4.06. The van der Waals surface area contributed by atoms with Crippen molar-refractivity contribution in [3.8, 4) is 5.69 Å². The number of halogens is 1. The molecule has 0 atom stereocenters. The van der Waals surface area contributed by atoms with E-state index in [-0.39, 0.29) is 5.82 Å². The van der Waals surface area contributed by atoms with Gasteiger partial charge in [0.15, 0.2) is 0 Å². The number of piperazine rings is 1. The van der Waals surface area contributed by atoms with Crippen LogP contribution in [0.25, 0.3) is 5.69 Å². The lowest BCUT2D eigenvalue weighted by Crippen LogP contribution is -2.47. The Balaban J connectivity index is 1.64. The van der Waals surface area contributed by atoms with Crippen molar-refractivity contribution < 1.29 is 14.3 Å². The summed E-state index contributed by atoms with van der Waals surface area (Å²) in [6.45, 7) is 2.92. The number of aromatic nitrogens is 2. The maximum Gasteiger partial charge on any atom is 0.407 e. The number of hydrogen-bond acceptors (Lipinski definition) is 3. The molecule has 6 nitrogen and oxygen atoms in total. The van der Waals surface area contributed by atoms with Crippen molar-refractivity contribution in [1.82, 2.24) is 19.6 Å². The van der Waals surface area contributed by atoms with E-state index in [2.05, 4.69) is 10.00 Å². The molecule has 0 spiro atoms. The van der Waals surface area contributed by atoms with E-state index in [0.717, 1.165) is 5.56 Å². The Labute approximate surface area is 127 Å². The van der Waals surface area contributed by atoms with Crippen LogP contribution in [0, 0.1) is 5.82 Å². The molecule has 3 rings (SSSR count). The highest BCUT2D eigenvalue weighted by Crippen LogP contribution is 2.16. The van der Waals surface area contributed by atoms with Gasteiger partial charge in [-0.1, -0.05) is 6.07 Å². The summed E-state index contributed by atoms with van der Waals surface area (Å²) in [5.41, 5.74) is 1.29. The third-order valence-electron chi connectivity index (χ3n) is 3.81. The second-order valence-corrected chi connectivity index (χ2v) is 5.28.